The predicted molar refractivity (Wildman–Crippen MR) is 78.6 cm³/mol. The second-order valence-electron chi connectivity index (χ2n) is 5.60. The van der Waals surface area contributed by atoms with Crippen LogP contribution in [0.4, 0.5) is 0 Å². The van der Waals surface area contributed by atoms with E-state index in [1.165, 1.54) is 0 Å². The summed E-state index contributed by atoms with van der Waals surface area (Å²) in [6.07, 6.45) is 5.69. The van der Waals surface area contributed by atoms with Crippen LogP contribution < -0.4 is 5.32 Å². The molecule has 0 spiro atoms. The minimum atomic E-state index is -0.267. The molecule has 1 heterocycles. The van der Waals surface area contributed by atoms with Gasteiger partial charge in [-0.1, -0.05) is 12.8 Å². The molecule has 0 radical (unpaired) electrons. The molecule has 2 aromatic rings. The monoisotopic (exact) mass is 272 g/mol. The summed E-state index contributed by atoms with van der Waals surface area (Å²) < 4.78 is 0. The summed E-state index contributed by atoms with van der Waals surface area (Å²) in [5, 5.41) is 13.9. The molecule has 1 aliphatic carbocycles. The average molecular weight is 272 g/mol. The van der Waals surface area contributed by atoms with Crippen LogP contribution in [-0.4, -0.2) is 28.6 Å². The molecule has 1 aromatic carbocycles. The number of rotatable bonds is 3. The highest BCUT2D eigenvalue weighted by Crippen LogP contribution is 2.23. The summed E-state index contributed by atoms with van der Waals surface area (Å²) in [5.74, 6) is 0.134. The van der Waals surface area contributed by atoms with Crippen LogP contribution in [0.15, 0.2) is 30.5 Å². The first-order valence-corrected chi connectivity index (χ1v) is 7.27. The number of H-pyrrole nitrogens is 1. The Kier molecular flexibility index (Phi) is 3.74. The van der Waals surface area contributed by atoms with Crippen molar-refractivity contribution >= 4 is 16.8 Å². The van der Waals surface area contributed by atoms with Crippen molar-refractivity contribution in [1.29, 1.82) is 0 Å². The van der Waals surface area contributed by atoms with Crippen LogP contribution in [0.2, 0.25) is 0 Å². The summed E-state index contributed by atoms with van der Waals surface area (Å²) in [7, 11) is 0. The Hall–Kier alpha value is -1.81. The van der Waals surface area contributed by atoms with E-state index in [1.807, 2.05) is 30.5 Å². The lowest BCUT2D eigenvalue weighted by molar-refractivity contribution is 0.0663. The van der Waals surface area contributed by atoms with Crippen LogP contribution in [0.5, 0.6) is 0 Å². The van der Waals surface area contributed by atoms with Crippen molar-refractivity contribution in [2.75, 3.05) is 6.54 Å². The molecule has 1 fully saturated rings. The van der Waals surface area contributed by atoms with Crippen molar-refractivity contribution in [3.05, 3.63) is 36.0 Å². The zero-order chi connectivity index (χ0) is 13.9. The molecule has 20 heavy (non-hydrogen) atoms. The van der Waals surface area contributed by atoms with Gasteiger partial charge in [0.1, 0.15) is 0 Å². The molecule has 1 aliphatic rings. The van der Waals surface area contributed by atoms with Gasteiger partial charge in [0.2, 0.25) is 0 Å². The summed E-state index contributed by atoms with van der Waals surface area (Å²) >= 11 is 0. The number of aliphatic hydroxyl groups is 1. The fraction of sp³-hybridized carbons (Fsp3) is 0.438. The smallest absolute Gasteiger partial charge is 0.251 e. The zero-order valence-electron chi connectivity index (χ0n) is 11.4. The molecule has 1 amide bonds. The highest BCUT2D eigenvalue weighted by atomic mass is 16.3. The summed E-state index contributed by atoms with van der Waals surface area (Å²) in [6.45, 7) is 0.561. The van der Waals surface area contributed by atoms with Gasteiger partial charge in [-0.15, -0.1) is 0 Å². The van der Waals surface area contributed by atoms with E-state index in [9.17, 15) is 9.90 Å². The first kappa shape index (κ1) is 13.2. The van der Waals surface area contributed by atoms with Gasteiger partial charge in [-0.05, 0) is 37.1 Å². The highest BCUT2D eigenvalue weighted by Gasteiger charge is 2.23. The number of hydrogen-bond acceptors (Lipinski definition) is 2. The van der Waals surface area contributed by atoms with Gasteiger partial charge < -0.3 is 15.4 Å². The van der Waals surface area contributed by atoms with E-state index in [0.29, 0.717) is 12.1 Å². The van der Waals surface area contributed by atoms with Gasteiger partial charge in [0.05, 0.1) is 6.10 Å². The molecule has 4 nitrogen and oxygen atoms in total. The average Bonchev–Trinajstić information content (AvgIpc) is 2.93. The molecule has 2 unspecified atom stereocenters. The van der Waals surface area contributed by atoms with E-state index in [1.54, 1.807) is 0 Å². The van der Waals surface area contributed by atoms with Gasteiger partial charge in [-0.2, -0.15) is 0 Å². The van der Waals surface area contributed by atoms with E-state index < -0.39 is 0 Å². The van der Waals surface area contributed by atoms with Gasteiger partial charge in [0, 0.05) is 35.1 Å². The van der Waals surface area contributed by atoms with Crippen molar-refractivity contribution in [1.82, 2.24) is 10.3 Å². The molecule has 4 heteroatoms. The number of nitrogens with one attached hydrogen (secondary N) is 2. The number of benzene rings is 1. The fourth-order valence-electron chi connectivity index (χ4n) is 2.95. The van der Waals surface area contributed by atoms with Crippen molar-refractivity contribution in [3.63, 3.8) is 0 Å². The van der Waals surface area contributed by atoms with E-state index >= 15 is 0 Å². The van der Waals surface area contributed by atoms with E-state index in [4.69, 9.17) is 0 Å². The number of amides is 1. The molecule has 3 N–H and O–H groups in total. The van der Waals surface area contributed by atoms with Crippen LogP contribution in [0.1, 0.15) is 36.0 Å². The fourth-order valence-corrected chi connectivity index (χ4v) is 2.95. The number of aromatic amines is 1. The standard InChI is InChI=1S/C16H20N2O2/c19-15-4-2-1-3-13(15)10-18-16(20)12-5-6-14-11(9-12)7-8-17-14/h5-9,13,15,17,19H,1-4,10H2,(H,18,20). The predicted octanol–water partition coefficient (Wildman–Crippen LogP) is 2.45. The Morgan fingerprint density at radius 1 is 1.30 bits per heavy atom. The Morgan fingerprint density at radius 3 is 3.00 bits per heavy atom. The number of carbonyl (C=O) groups excluding carboxylic acids is 1. The second kappa shape index (κ2) is 5.67. The number of fused-ring (bicyclic) bond motifs is 1. The maximum absolute atomic E-state index is 12.2. The first-order chi connectivity index (χ1) is 9.74. The van der Waals surface area contributed by atoms with E-state index in [-0.39, 0.29) is 17.9 Å². The lowest BCUT2D eigenvalue weighted by atomic mass is 9.86. The zero-order valence-corrected chi connectivity index (χ0v) is 11.4. The summed E-state index contributed by atoms with van der Waals surface area (Å²) in [6, 6.07) is 7.58. The van der Waals surface area contributed by atoms with Crippen molar-refractivity contribution in [3.8, 4) is 0 Å². The minimum Gasteiger partial charge on any atom is -0.393 e. The number of carbonyl (C=O) groups is 1. The molecule has 2 atom stereocenters. The van der Waals surface area contributed by atoms with Crippen molar-refractivity contribution in [2.45, 2.75) is 31.8 Å². The number of aliphatic hydroxyl groups excluding tert-OH is 1. The molecule has 1 saturated carbocycles. The molecule has 106 valence electrons. The minimum absolute atomic E-state index is 0.0640. The van der Waals surface area contributed by atoms with Crippen LogP contribution >= 0.6 is 0 Å². The molecular formula is C16H20N2O2. The lowest BCUT2D eigenvalue weighted by Crippen LogP contribution is -2.36. The van der Waals surface area contributed by atoms with Crippen LogP contribution in [0, 0.1) is 5.92 Å². The van der Waals surface area contributed by atoms with Crippen molar-refractivity contribution < 1.29 is 9.90 Å². The quantitative estimate of drug-likeness (QED) is 0.803. The summed E-state index contributed by atoms with van der Waals surface area (Å²) in [5.41, 5.74) is 1.70. The molecule has 1 aromatic heterocycles. The molecular weight excluding hydrogens is 252 g/mol. The van der Waals surface area contributed by atoms with E-state index in [2.05, 4.69) is 10.3 Å². The SMILES string of the molecule is O=C(NCC1CCCCC1O)c1ccc2[nH]ccc2c1. The maximum Gasteiger partial charge on any atom is 0.251 e. The normalized spacial score (nSPS) is 22.9. The Morgan fingerprint density at radius 2 is 2.15 bits per heavy atom. The Labute approximate surface area is 118 Å². The third kappa shape index (κ3) is 2.70. The summed E-state index contributed by atoms with van der Waals surface area (Å²) in [4.78, 5) is 15.3. The molecule has 0 aliphatic heterocycles. The Bertz CT molecular complexity index is 605. The molecule has 3 rings (SSSR count). The van der Waals surface area contributed by atoms with Gasteiger partial charge in [0.15, 0.2) is 0 Å². The maximum atomic E-state index is 12.2. The third-order valence-corrected chi connectivity index (χ3v) is 4.21. The molecule has 0 bridgehead atoms. The van der Waals surface area contributed by atoms with Crippen LogP contribution in [0.3, 0.4) is 0 Å². The van der Waals surface area contributed by atoms with Gasteiger partial charge in [0.25, 0.3) is 5.91 Å². The number of hydrogen-bond donors (Lipinski definition) is 3. The highest BCUT2D eigenvalue weighted by molar-refractivity contribution is 5.98. The number of aromatic nitrogens is 1. The van der Waals surface area contributed by atoms with Gasteiger partial charge in [-0.3, -0.25) is 4.79 Å². The largest absolute Gasteiger partial charge is 0.393 e. The third-order valence-electron chi connectivity index (χ3n) is 4.21. The first-order valence-electron chi connectivity index (χ1n) is 7.27. The lowest BCUT2D eigenvalue weighted by Gasteiger charge is -2.27. The second-order valence-corrected chi connectivity index (χ2v) is 5.60. The van der Waals surface area contributed by atoms with Crippen LogP contribution in [0.25, 0.3) is 10.9 Å². The topological polar surface area (TPSA) is 65.1 Å². The van der Waals surface area contributed by atoms with E-state index in [0.717, 1.165) is 36.6 Å². The molecule has 0 saturated heterocycles. The van der Waals surface area contributed by atoms with Crippen LogP contribution in [-0.2, 0) is 0 Å². The van der Waals surface area contributed by atoms with Gasteiger partial charge >= 0.3 is 0 Å². The Balaban J connectivity index is 1.63. The van der Waals surface area contributed by atoms with Crippen molar-refractivity contribution in [2.24, 2.45) is 5.92 Å². The van der Waals surface area contributed by atoms with Gasteiger partial charge in [-0.25, -0.2) is 0 Å².